The fraction of sp³-hybridized carbons (Fsp3) is 0.400. The molecule has 0 aliphatic heterocycles. The third-order valence-electron chi connectivity index (χ3n) is 2.04. The van der Waals surface area contributed by atoms with Gasteiger partial charge in [0.05, 0.1) is 0 Å². The summed E-state index contributed by atoms with van der Waals surface area (Å²) < 4.78 is 13.2. The van der Waals surface area contributed by atoms with Gasteiger partial charge in [-0.2, -0.15) is 0 Å². The summed E-state index contributed by atoms with van der Waals surface area (Å²) in [5, 5.41) is 9.55. The van der Waals surface area contributed by atoms with Gasteiger partial charge in [-0.05, 0) is 30.5 Å². The van der Waals surface area contributed by atoms with Gasteiger partial charge in [-0.1, -0.05) is 12.1 Å². The minimum atomic E-state index is -0.976. The predicted octanol–water partition coefficient (Wildman–Crippen LogP) is 3.28. The lowest BCUT2D eigenvalue weighted by atomic mass is 10.0. The van der Waals surface area contributed by atoms with E-state index in [0.717, 1.165) is 0 Å². The molecule has 0 amide bonds. The topological polar surface area (TPSA) is 20.2 Å². The highest BCUT2D eigenvalue weighted by molar-refractivity contribution is 6.44. The molecule has 1 aromatic carbocycles. The van der Waals surface area contributed by atoms with Crippen molar-refractivity contribution in [3.05, 3.63) is 34.6 Å². The lowest BCUT2D eigenvalue weighted by Crippen LogP contribution is -2.07. The molecule has 4 heteroatoms. The van der Waals surface area contributed by atoms with Crippen LogP contribution in [0.15, 0.2) is 12.1 Å². The van der Waals surface area contributed by atoms with Crippen molar-refractivity contribution >= 4 is 23.2 Å². The molecule has 1 unspecified atom stereocenters. The van der Waals surface area contributed by atoms with Crippen molar-refractivity contribution in [1.82, 2.24) is 0 Å². The van der Waals surface area contributed by atoms with E-state index in [1.165, 1.54) is 0 Å². The molecule has 0 aliphatic rings. The van der Waals surface area contributed by atoms with Crippen molar-refractivity contribution in [1.29, 1.82) is 0 Å². The van der Waals surface area contributed by atoms with Crippen LogP contribution in [0.1, 0.15) is 22.8 Å². The van der Waals surface area contributed by atoms with Crippen LogP contribution in [-0.2, 0) is 0 Å². The van der Waals surface area contributed by atoms with E-state index in [1.807, 2.05) is 0 Å². The monoisotopic (exact) mass is 236 g/mol. The summed E-state index contributed by atoms with van der Waals surface area (Å²) in [6.07, 6.45) is -0.976. The Balaban J connectivity index is 3.12. The van der Waals surface area contributed by atoms with Crippen LogP contribution < -0.4 is 0 Å². The lowest BCUT2D eigenvalue weighted by Gasteiger charge is -2.13. The highest BCUT2D eigenvalue weighted by atomic mass is 35.5. The Morgan fingerprint density at radius 1 is 1.21 bits per heavy atom. The molecule has 1 nitrogen and oxygen atoms in total. The van der Waals surface area contributed by atoms with Crippen molar-refractivity contribution in [2.45, 2.75) is 24.8 Å². The number of alkyl halides is 2. The first-order chi connectivity index (χ1) is 6.43. The molecule has 1 aromatic rings. The molecule has 0 saturated carbocycles. The molecule has 0 spiro atoms. The Labute approximate surface area is 92.5 Å². The highest BCUT2D eigenvalue weighted by Gasteiger charge is 2.17. The maximum Gasteiger partial charge on any atom is 0.137 e. The lowest BCUT2D eigenvalue weighted by molar-refractivity contribution is 0.192. The standard InChI is InChI=1S/C10H11Cl2FO/c1-5-3-7(9(14)10(11)12)4-6(2)8(5)13/h3-4,9-10,14H,1-2H3. The third kappa shape index (κ3) is 2.38. The largest absolute Gasteiger partial charge is 0.386 e. The van der Waals surface area contributed by atoms with Crippen LogP contribution >= 0.6 is 23.2 Å². The molecular formula is C10H11Cl2FO. The van der Waals surface area contributed by atoms with E-state index < -0.39 is 10.9 Å². The normalized spacial score (nSPS) is 13.4. The second-order valence-electron chi connectivity index (χ2n) is 3.25. The summed E-state index contributed by atoms with van der Waals surface area (Å²) in [7, 11) is 0. The zero-order chi connectivity index (χ0) is 10.9. The van der Waals surface area contributed by atoms with Crippen molar-refractivity contribution in [2.24, 2.45) is 0 Å². The highest BCUT2D eigenvalue weighted by Crippen LogP contribution is 2.26. The molecule has 0 aliphatic carbocycles. The number of aliphatic hydroxyl groups is 1. The van der Waals surface area contributed by atoms with Crippen LogP contribution in [0.2, 0.25) is 0 Å². The Morgan fingerprint density at radius 2 is 1.64 bits per heavy atom. The predicted molar refractivity (Wildman–Crippen MR) is 56.3 cm³/mol. The smallest absolute Gasteiger partial charge is 0.137 e. The minimum Gasteiger partial charge on any atom is -0.386 e. The van der Waals surface area contributed by atoms with Crippen molar-refractivity contribution in [2.75, 3.05) is 0 Å². The third-order valence-corrected chi connectivity index (χ3v) is 2.52. The van der Waals surface area contributed by atoms with Gasteiger partial charge in [-0.15, -0.1) is 23.2 Å². The number of hydrogen-bond donors (Lipinski definition) is 1. The van der Waals surface area contributed by atoms with Gasteiger partial charge in [0.15, 0.2) is 0 Å². The first kappa shape index (κ1) is 11.8. The van der Waals surface area contributed by atoms with Crippen molar-refractivity contribution in [3.8, 4) is 0 Å². The van der Waals surface area contributed by atoms with Crippen LogP contribution in [0.25, 0.3) is 0 Å². The van der Waals surface area contributed by atoms with Crippen molar-refractivity contribution < 1.29 is 9.50 Å². The fourth-order valence-corrected chi connectivity index (χ4v) is 1.59. The van der Waals surface area contributed by atoms with Crippen LogP contribution in [0.3, 0.4) is 0 Å². The Kier molecular flexibility index (Phi) is 3.76. The molecule has 0 radical (unpaired) electrons. The van der Waals surface area contributed by atoms with Gasteiger partial charge in [-0.25, -0.2) is 4.39 Å². The summed E-state index contributed by atoms with van der Waals surface area (Å²) in [5.41, 5.74) is 1.50. The maximum atomic E-state index is 13.2. The first-order valence-electron chi connectivity index (χ1n) is 4.16. The van der Waals surface area contributed by atoms with Crippen LogP contribution in [0, 0.1) is 19.7 Å². The Morgan fingerprint density at radius 3 is 2.00 bits per heavy atom. The molecule has 0 aromatic heterocycles. The Bertz CT molecular complexity index is 316. The number of aryl methyl sites for hydroxylation is 2. The average molecular weight is 237 g/mol. The quantitative estimate of drug-likeness (QED) is 0.782. The van der Waals surface area contributed by atoms with Crippen molar-refractivity contribution in [3.63, 3.8) is 0 Å². The van der Waals surface area contributed by atoms with E-state index in [2.05, 4.69) is 0 Å². The maximum absolute atomic E-state index is 13.2. The fourth-order valence-electron chi connectivity index (χ4n) is 1.30. The molecule has 1 atom stereocenters. The van der Waals surface area contributed by atoms with E-state index in [9.17, 15) is 9.50 Å². The number of hydrogen-bond acceptors (Lipinski definition) is 1. The molecule has 14 heavy (non-hydrogen) atoms. The summed E-state index contributed by atoms with van der Waals surface area (Å²) >= 11 is 11.1. The second-order valence-corrected chi connectivity index (χ2v) is 4.41. The zero-order valence-electron chi connectivity index (χ0n) is 7.89. The molecule has 0 fully saturated rings. The van der Waals surface area contributed by atoms with E-state index in [1.54, 1.807) is 26.0 Å². The summed E-state index contributed by atoms with van der Waals surface area (Å²) in [6, 6.07) is 3.09. The SMILES string of the molecule is Cc1cc(C(O)C(Cl)Cl)cc(C)c1F. The Hall–Kier alpha value is -0.310. The molecule has 0 saturated heterocycles. The minimum absolute atomic E-state index is 0.262. The van der Waals surface area contributed by atoms with E-state index in [4.69, 9.17) is 23.2 Å². The van der Waals surface area contributed by atoms with Crippen LogP contribution in [-0.4, -0.2) is 9.94 Å². The average Bonchev–Trinajstić information content (AvgIpc) is 2.12. The molecule has 0 bridgehead atoms. The summed E-state index contributed by atoms with van der Waals surface area (Å²) in [5.74, 6) is -0.262. The first-order valence-corrected chi connectivity index (χ1v) is 5.03. The zero-order valence-corrected chi connectivity index (χ0v) is 9.40. The van der Waals surface area contributed by atoms with Gasteiger partial charge >= 0.3 is 0 Å². The number of halogens is 3. The van der Waals surface area contributed by atoms with Gasteiger partial charge in [0.2, 0.25) is 0 Å². The van der Waals surface area contributed by atoms with Gasteiger partial charge in [-0.3, -0.25) is 0 Å². The molecule has 78 valence electrons. The number of aliphatic hydroxyl groups excluding tert-OH is 1. The van der Waals surface area contributed by atoms with E-state index >= 15 is 0 Å². The van der Waals surface area contributed by atoms with Gasteiger partial charge in [0.25, 0.3) is 0 Å². The summed E-state index contributed by atoms with van der Waals surface area (Å²) in [4.78, 5) is -0.903. The molecule has 0 heterocycles. The summed E-state index contributed by atoms with van der Waals surface area (Å²) in [6.45, 7) is 3.27. The molecular weight excluding hydrogens is 226 g/mol. The van der Waals surface area contributed by atoms with Gasteiger partial charge in [0.1, 0.15) is 16.8 Å². The van der Waals surface area contributed by atoms with Gasteiger partial charge in [0, 0.05) is 0 Å². The van der Waals surface area contributed by atoms with Crippen LogP contribution in [0.5, 0.6) is 0 Å². The van der Waals surface area contributed by atoms with E-state index in [-0.39, 0.29) is 5.82 Å². The number of benzene rings is 1. The second kappa shape index (κ2) is 4.47. The molecule has 1 rings (SSSR count). The van der Waals surface area contributed by atoms with Crippen LogP contribution in [0.4, 0.5) is 4.39 Å². The van der Waals surface area contributed by atoms with E-state index in [0.29, 0.717) is 16.7 Å². The van der Waals surface area contributed by atoms with Gasteiger partial charge < -0.3 is 5.11 Å². The number of rotatable bonds is 2. The molecule has 1 N–H and O–H groups in total.